The Hall–Kier alpha value is -0.610. The normalized spacial score (nSPS) is 18.6. The summed E-state index contributed by atoms with van der Waals surface area (Å²) in [6, 6.07) is 0. The summed E-state index contributed by atoms with van der Waals surface area (Å²) in [4.78, 5) is 18.8. The highest BCUT2D eigenvalue weighted by molar-refractivity contribution is 5.75. The molecule has 0 aliphatic carbocycles. The first-order valence-electron chi connectivity index (χ1n) is 5.43. The van der Waals surface area contributed by atoms with E-state index in [0.717, 1.165) is 39.2 Å². The zero-order valence-corrected chi connectivity index (χ0v) is 9.16. The summed E-state index contributed by atoms with van der Waals surface area (Å²) >= 11 is 0. The molecule has 0 aromatic carbocycles. The van der Waals surface area contributed by atoms with E-state index in [2.05, 4.69) is 6.92 Å². The van der Waals surface area contributed by atoms with Gasteiger partial charge in [0, 0.05) is 32.6 Å². The van der Waals surface area contributed by atoms with Crippen LogP contribution in [-0.4, -0.2) is 48.7 Å². The quantitative estimate of drug-likeness (QED) is 0.675. The number of rotatable bonds is 4. The monoisotopic (exact) mass is 200 g/mol. The number of carbonyl (C=O) groups is 1. The molecule has 1 amide bonds. The van der Waals surface area contributed by atoms with Crippen molar-refractivity contribution >= 4 is 5.91 Å². The van der Waals surface area contributed by atoms with Gasteiger partial charge >= 0.3 is 0 Å². The smallest absolute Gasteiger partial charge is 0.222 e. The first-order chi connectivity index (χ1) is 6.77. The molecule has 0 radical (unpaired) electrons. The van der Waals surface area contributed by atoms with Crippen LogP contribution in [-0.2, 0) is 9.63 Å². The number of nitrogens with zero attached hydrogens (tertiary/aromatic N) is 2. The number of hydrogen-bond acceptors (Lipinski definition) is 3. The molecule has 1 fully saturated rings. The van der Waals surface area contributed by atoms with Crippen LogP contribution in [0.2, 0.25) is 0 Å². The number of carbonyl (C=O) groups excluding carboxylic acids is 1. The Bertz CT molecular complexity index is 177. The fourth-order valence-electron chi connectivity index (χ4n) is 1.51. The van der Waals surface area contributed by atoms with E-state index in [1.165, 1.54) is 0 Å². The highest BCUT2D eigenvalue weighted by Crippen LogP contribution is 2.04. The largest absolute Gasteiger partial charge is 0.340 e. The molecule has 0 saturated carbocycles. The van der Waals surface area contributed by atoms with Crippen LogP contribution in [0.3, 0.4) is 0 Å². The first kappa shape index (κ1) is 11.5. The number of amides is 1. The molecule has 0 spiro atoms. The van der Waals surface area contributed by atoms with Crippen LogP contribution in [0.25, 0.3) is 0 Å². The van der Waals surface area contributed by atoms with Gasteiger partial charge in [0.15, 0.2) is 0 Å². The molecule has 0 N–H and O–H groups in total. The Labute approximate surface area is 85.8 Å². The van der Waals surface area contributed by atoms with Gasteiger partial charge in [-0.25, -0.2) is 0 Å². The highest BCUT2D eigenvalue weighted by Gasteiger charge is 2.19. The van der Waals surface area contributed by atoms with Gasteiger partial charge in [-0.2, -0.15) is 5.06 Å². The minimum Gasteiger partial charge on any atom is -0.340 e. The number of piperazine rings is 1. The number of hydrogen-bond donors (Lipinski definition) is 0. The topological polar surface area (TPSA) is 32.8 Å². The van der Waals surface area contributed by atoms with E-state index in [9.17, 15) is 4.79 Å². The van der Waals surface area contributed by atoms with Gasteiger partial charge in [-0.1, -0.05) is 13.8 Å². The van der Waals surface area contributed by atoms with Crippen LogP contribution in [0, 0.1) is 0 Å². The van der Waals surface area contributed by atoms with Crippen LogP contribution in [0.4, 0.5) is 0 Å². The van der Waals surface area contributed by atoms with Crippen molar-refractivity contribution in [2.24, 2.45) is 0 Å². The summed E-state index contributed by atoms with van der Waals surface area (Å²) in [6.07, 6.45) is 1.64. The molecule has 0 atom stereocenters. The fraction of sp³-hybridized carbons (Fsp3) is 0.900. The van der Waals surface area contributed by atoms with Crippen LogP contribution in [0.5, 0.6) is 0 Å². The minimum absolute atomic E-state index is 0.250. The molecule has 14 heavy (non-hydrogen) atoms. The van der Waals surface area contributed by atoms with Crippen LogP contribution >= 0.6 is 0 Å². The maximum Gasteiger partial charge on any atom is 0.222 e. The second-order valence-electron chi connectivity index (χ2n) is 3.50. The molecule has 82 valence electrons. The Morgan fingerprint density at radius 1 is 1.21 bits per heavy atom. The third-order valence-electron chi connectivity index (χ3n) is 2.37. The van der Waals surface area contributed by atoms with Crippen LogP contribution in [0.1, 0.15) is 26.7 Å². The van der Waals surface area contributed by atoms with Gasteiger partial charge < -0.3 is 4.90 Å². The van der Waals surface area contributed by atoms with E-state index in [1.54, 1.807) is 0 Å². The Morgan fingerprint density at radius 3 is 2.36 bits per heavy atom. The maximum absolute atomic E-state index is 11.4. The summed E-state index contributed by atoms with van der Waals surface area (Å²) in [6.45, 7) is 8.06. The van der Waals surface area contributed by atoms with Crippen molar-refractivity contribution in [1.82, 2.24) is 9.96 Å². The van der Waals surface area contributed by atoms with Crippen molar-refractivity contribution < 1.29 is 9.63 Å². The Balaban J connectivity index is 2.20. The zero-order valence-electron chi connectivity index (χ0n) is 9.16. The number of hydroxylamine groups is 2. The Kier molecular flexibility index (Phi) is 4.90. The molecule has 0 aromatic heterocycles. The summed E-state index contributed by atoms with van der Waals surface area (Å²) in [5.74, 6) is 0.250. The lowest BCUT2D eigenvalue weighted by Gasteiger charge is -2.33. The standard InChI is InChI=1S/C10H20N2O2/c1-3-9-14-12-7-5-11(6-8-12)10(13)4-2/h3-9H2,1-2H3. The third-order valence-corrected chi connectivity index (χ3v) is 2.37. The van der Waals surface area contributed by atoms with Crippen molar-refractivity contribution in [3.05, 3.63) is 0 Å². The average Bonchev–Trinajstić information content (AvgIpc) is 2.26. The molecule has 0 bridgehead atoms. The third kappa shape index (κ3) is 3.27. The van der Waals surface area contributed by atoms with E-state index in [-0.39, 0.29) is 5.91 Å². The molecule has 4 nitrogen and oxygen atoms in total. The molecule has 1 aliphatic rings. The van der Waals surface area contributed by atoms with Gasteiger partial charge in [0.2, 0.25) is 5.91 Å². The lowest BCUT2D eigenvalue weighted by atomic mass is 10.3. The van der Waals surface area contributed by atoms with Crippen molar-refractivity contribution in [2.45, 2.75) is 26.7 Å². The molecule has 1 aliphatic heterocycles. The minimum atomic E-state index is 0.250. The van der Waals surface area contributed by atoms with Gasteiger partial charge in [-0.15, -0.1) is 0 Å². The molecule has 0 unspecified atom stereocenters. The summed E-state index contributed by atoms with van der Waals surface area (Å²) in [7, 11) is 0. The van der Waals surface area contributed by atoms with Gasteiger partial charge in [0.1, 0.15) is 0 Å². The Morgan fingerprint density at radius 2 is 1.86 bits per heavy atom. The van der Waals surface area contributed by atoms with Gasteiger partial charge in [-0.3, -0.25) is 9.63 Å². The first-order valence-corrected chi connectivity index (χ1v) is 5.43. The fourth-order valence-corrected chi connectivity index (χ4v) is 1.51. The summed E-state index contributed by atoms with van der Waals surface area (Å²) < 4.78 is 0. The lowest BCUT2D eigenvalue weighted by Crippen LogP contribution is -2.48. The molecule has 1 rings (SSSR count). The zero-order chi connectivity index (χ0) is 10.4. The van der Waals surface area contributed by atoms with E-state index >= 15 is 0 Å². The lowest BCUT2D eigenvalue weighted by molar-refractivity contribution is -0.179. The molecule has 4 heteroatoms. The second-order valence-corrected chi connectivity index (χ2v) is 3.50. The van der Waals surface area contributed by atoms with Gasteiger partial charge in [-0.05, 0) is 6.42 Å². The summed E-state index contributed by atoms with van der Waals surface area (Å²) in [5, 5.41) is 1.96. The van der Waals surface area contributed by atoms with Gasteiger partial charge in [0.25, 0.3) is 0 Å². The SMILES string of the molecule is CCCON1CCN(C(=O)CC)CC1. The van der Waals surface area contributed by atoms with Crippen molar-refractivity contribution in [3.8, 4) is 0 Å². The highest BCUT2D eigenvalue weighted by atomic mass is 16.7. The maximum atomic E-state index is 11.4. The van der Waals surface area contributed by atoms with Crippen molar-refractivity contribution in [3.63, 3.8) is 0 Å². The summed E-state index contributed by atoms with van der Waals surface area (Å²) in [5.41, 5.74) is 0. The van der Waals surface area contributed by atoms with Crippen molar-refractivity contribution in [1.29, 1.82) is 0 Å². The molecule has 0 aromatic rings. The molecular formula is C10H20N2O2. The van der Waals surface area contributed by atoms with Crippen LogP contribution < -0.4 is 0 Å². The van der Waals surface area contributed by atoms with Crippen molar-refractivity contribution in [2.75, 3.05) is 32.8 Å². The average molecular weight is 200 g/mol. The van der Waals surface area contributed by atoms with E-state index in [4.69, 9.17) is 4.84 Å². The van der Waals surface area contributed by atoms with Crippen LogP contribution in [0.15, 0.2) is 0 Å². The second kappa shape index (κ2) is 5.98. The predicted molar refractivity (Wildman–Crippen MR) is 54.7 cm³/mol. The predicted octanol–water partition coefficient (Wildman–Crippen LogP) is 0.882. The molecule has 1 saturated heterocycles. The molecular weight excluding hydrogens is 180 g/mol. The van der Waals surface area contributed by atoms with E-state index < -0.39 is 0 Å². The van der Waals surface area contributed by atoms with E-state index in [0.29, 0.717) is 6.42 Å². The molecule has 1 heterocycles. The van der Waals surface area contributed by atoms with Gasteiger partial charge in [0.05, 0.1) is 6.61 Å². The van der Waals surface area contributed by atoms with E-state index in [1.807, 2.05) is 16.9 Å².